The molecule has 3 aromatic rings. The van der Waals surface area contributed by atoms with Crippen molar-refractivity contribution in [2.75, 3.05) is 28.7 Å². The summed E-state index contributed by atoms with van der Waals surface area (Å²) in [5.41, 5.74) is 2.58. The standard InChI is InChI=1S/C27H27N3O5/c1-3-34-24-11-7-5-9-21(24)28-25(31)16-23-27(33)29-20-8-4-6-10-22(20)30(23)26(32)17-35-19-14-12-18(2)13-15-19/h4-15,23H,3,16-17H2,1-2H3,(H,28,31)(H,29,33). The third kappa shape index (κ3) is 5.60. The fourth-order valence-electron chi connectivity index (χ4n) is 3.86. The molecule has 1 aliphatic rings. The molecule has 0 spiro atoms. The van der Waals surface area contributed by atoms with Crippen LogP contribution in [0.1, 0.15) is 18.9 Å². The van der Waals surface area contributed by atoms with Crippen LogP contribution in [-0.4, -0.2) is 37.0 Å². The van der Waals surface area contributed by atoms with Gasteiger partial charge in [0.05, 0.1) is 30.1 Å². The molecule has 0 saturated heterocycles. The number of benzene rings is 3. The lowest BCUT2D eigenvalue weighted by molar-refractivity contribution is -0.127. The van der Waals surface area contributed by atoms with Gasteiger partial charge in [0.2, 0.25) is 11.8 Å². The third-order valence-electron chi connectivity index (χ3n) is 5.53. The van der Waals surface area contributed by atoms with Gasteiger partial charge in [-0.3, -0.25) is 19.3 Å². The first-order chi connectivity index (χ1) is 17.0. The zero-order chi connectivity index (χ0) is 24.8. The Morgan fingerprint density at radius 1 is 0.971 bits per heavy atom. The second-order valence-electron chi connectivity index (χ2n) is 8.07. The second-order valence-corrected chi connectivity index (χ2v) is 8.07. The van der Waals surface area contributed by atoms with E-state index in [1.54, 1.807) is 60.7 Å². The van der Waals surface area contributed by atoms with E-state index in [9.17, 15) is 14.4 Å². The third-order valence-corrected chi connectivity index (χ3v) is 5.53. The van der Waals surface area contributed by atoms with Gasteiger partial charge in [0.15, 0.2) is 6.61 Å². The minimum absolute atomic E-state index is 0.239. The molecule has 1 heterocycles. The molecular weight excluding hydrogens is 446 g/mol. The Kier molecular flexibility index (Phi) is 7.30. The lowest BCUT2D eigenvalue weighted by Crippen LogP contribution is -2.53. The predicted molar refractivity (Wildman–Crippen MR) is 134 cm³/mol. The summed E-state index contributed by atoms with van der Waals surface area (Å²) in [6, 6.07) is 20.3. The number of carbonyl (C=O) groups excluding carboxylic acids is 3. The molecule has 1 unspecified atom stereocenters. The molecule has 8 nitrogen and oxygen atoms in total. The molecule has 180 valence electrons. The van der Waals surface area contributed by atoms with Gasteiger partial charge in [0.25, 0.3) is 5.91 Å². The van der Waals surface area contributed by atoms with E-state index in [1.165, 1.54) is 4.90 Å². The molecule has 0 radical (unpaired) electrons. The number of hydrogen-bond donors (Lipinski definition) is 2. The normalized spacial score (nSPS) is 14.5. The van der Waals surface area contributed by atoms with E-state index in [0.29, 0.717) is 35.2 Å². The molecular formula is C27H27N3O5. The van der Waals surface area contributed by atoms with E-state index in [4.69, 9.17) is 9.47 Å². The van der Waals surface area contributed by atoms with E-state index in [-0.39, 0.29) is 13.0 Å². The van der Waals surface area contributed by atoms with Crippen LogP contribution < -0.4 is 25.0 Å². The van der Waals surface area contributed by atoms with Crippen molar-refractivity contribution in [3.8, 4) is 11.5 Å². The number of para-hydroxylation sites is 4. The van der Waals surface area contributed by atoms with E-state index in [0.717, 1.165) is 5.56 Å². The Morgan fingerprint density at radius 3 is 2.46 bits per heavy atom. The lowest BCUT2D eigenvalue weighted by Gasteiger charge is -2.36. The molecule has 4 rings (SSSR count). The van der Waals surface area contributed by atoms with Crippen LogP contribution in [0.5, 0.6) is 11.5 Å². The monoisotopic (exact) mass is 473 g/mol. The summed E-state index contributed by atoms with van der Waals surface area (Å²) in [6.07, 6.45) is -0.239. The van der Waals surface area contributed by atoms with Crippen molar-refractivity contribution < 1.29 is 23.9 Å². The van der Waals surface area contributed by atoms with Crippen molar-refractivity contribution >= 4 is 34.8 Å². The van der Waals surface area contributed by atoms with E-state index in [2.05, 4.69) is 10.6 Å². The summed E-state index contributed by atoms with van der Waals surface area (Å²) in [5.74, 6) is -0.225. The zero-order valence-corrected chi connectivity index (χ0v) is 19.6. The highest BCUT2D eigenvalue weighted by molar-refractivity contribution is 6.14. The summed E-state index contributed by atoms with van der Waals surface area (Å²) in [5, 5.41) is 5.59. The highest BCUT2D eigenvalue weighted by atomic mass is 16.5. The minimum Gasteiger partial charge on any atom is -0.492 e. The number of fused-ring (bicyclic) bond motifs is 1. The fourth-order valence-corrected chi connectivity index (χ4v) is 3.86. The number of ether oxygens (including phenoxy) is 2. The van der Waals surface area contributed by atoms with Crippen molar-refractivity contribution in [2.45, 2.75) is 26.3 Å². The molecule has 0 aromatic heterocycles. The molecule has 35 heavy (non-hydrogen) atoms. The maximum absolute atomic E-state index is 13.3. The number of rotatable bonds is 8. The molecule has 0 fully saturated rings. The summed E-state index contributed by atoms with van der Waals surface area (Å²) in [7, 11) is 0. The van der Waals surface area contributed by atoms with Gasteiger partial charge in [-0.15, -0.1) is 0 Å². The average molecular weight is 474 g/mol. The minimum atomic E-state index is -1.04. The van der Waals surface area contributed by atoms with Gasteiger partial charge in [0.1, 0.15) is 17.5 Å². The Morgan fingerprint density at radius 2 is 1.69 bits per heavy atom. The van der Waals surface area contributed by atoms with Crippen LogP contribution in [0.3, 0.4) is 0 Å². The number of aryl methyl sites for hydroxylation is 1. The maximum Gasteiger partial charge on any atom is 0.265 e. The predicted octanol–water partition coefficient (Wildman–Crippen LogP) is 4.16. The average Bonchev–Trinajstić information content (AvgIpc) is 2.85. The quantitative estimate of drug-likeness (QED) is 0.512. The van der Waals surface area contributed by atoms with Crippen LogP contribution >= 0.6 is 0 Å². The highest BCUT2D eigenvalue weighted by Gasteiger charge is 2.38. The molecule has 2 N–H and O–H groups in total. The molecule has 1 aliphatic heterocycles. The van der Waals surface area contributed by atoms with Gasteiger partial charge in [0, 0.05) is 0 Å². The number of nitrogens with one attached hydrogen (secondary N) is 2. The van der Waals surface area contributed by atoms with Crippen molar-refractivity contribution in [3.63, 3.8) is 0 Å². The number of hydrogen-bond acceptors (Lipinski definition) is 5. The lowest BCUT2D eigenvalue weighted by atomic mass is 10.0. The van der Waals surface area contributed by atoms with Gasteiger partial charge in [-0.05, 0) is 50.2 Å². The van der Waals surface area contributed by atoms with Crippen LogP contribution in [0.2, 0.25) is 0 Å². The molecule has 0 aliphatic carbocycles. The van der Waals surface area contributed by atoms with Crippen molar-refractivity contribution in [2.24, 2.45) is 0 Å². The highest BCUT2D eigenvalue weighted by Crippen LogP contribution is 2.33. The van der Waals surface area contributed by atoms with E-state index < -0.39 is 23.8 Å². The summed E-state index contributed by atoms with van der Waals surface area (Å²) < 4.78 is 11.2. The summed E-state index contributed by atoms with van der Waals surface area (Å²) in [4.78, 5) is 40.6. The molecule has 3 amide bonds. The topological polar surface area (TPSA) is 97.0 Å². The van der Waals surface area contributed by atoms with Crippen LogP contribution in [-0.2, 0) is 14.4 Å². The van der Waals surface area contributed by atoms with Crippen LogP contribution in [0.15, 0.2) is 72.8 Å². The van der Waals surface area contributed by atoms with Crippen LogP contribution in [0.25, 0.3) is 0 Å². The van der Waals surface area contributed by atoms with Gasteiger partial charge < -0.3 is 20.1 Å². The number of nitrogens with zero attached hydrogens (tertiary/aromatic N) is 1. The van der Waals surface area contributed by atoms with Crippen LogP contribution in [0, 0.1) is 6.92 Å². The SMILES string of the molecule is CCOc1ccccc1NC(=O)CC1C(=O)Nc2ccccc2N1C(=O)COc1ccc(C)cc1. The number of amides is 3. The van der Waals surface area contributed by atoms with Gasteiger partial charge in [-0.1, -0.05) is 42.0 Å². The van der Waals surface area contributed by atoms with Gasteiger partial charge >= 0.3 is 0 Å². The largest absolute Gasteiger partial charge is 0.492 e. The summed E-state index contributed by atoms with van der Waals surface area (Å²) in [6.45, 7) is 3.97. The Bertz CT molecular complexity index is 1230. The maximum atomic E-state index is 13.3. The first-order valence-corrected chi connectivity index (χ1v) is 11.4. The van der Waals surface area contributed by atoms with Crippen molar-refractivity contribution in [1.82, 2.24) is 0 Å². The second kappa shape index (κ2) is 10.7. The fraction of sp³-hybridized carbons (Fsp3) is 0.222. The zero-order valence-electron chi connectivity index (χ0n) is 19.6. The van der Waals surface area contributed by atoms with E-state index >= 15 is 0 Å². The number of anilines is 3. The molecule has 1 atom stereocenters. The van der Waals surface area contributed by atoms with E-state index in [1.807, 2.05) is 26.0 Å². The molecule has 0 saturated carbocycles. The first kappa shape index (κ1) is 23.8. The Hall–Kier alpha value is -4.33. The molecule has 8 heteroatoms. The van der Waals surface area contributed by atoms with Crippen LogP contribution in [0.4, 0.5) is 17.1 Å². The van der Waals surface area contributed by atoms with Crippen molar-refractivity contribution in [3.05, 3.63) is 78.4 Å². The smallest absolute Gasteiger partial charge is 0.265 e. The van der Waals surface area contributed by atoms with Crippen molar-refractivity contribution in [1.29, 1.82) is 0 Å². The van der Waals surface area contributed by atoms with Gasteiger partial charge in [-0.2, -0.15) is 0 Å². The Balaban J connectivity index is 1.54. The Labute approximate surface area is 203 Å². The molecule has 3 aromatic carbocycles. The number of carbonyl (C=O) groups is 3. The first-order valence-electron chi connectivity index (χ1n) is 11.4. The molecule has 0 bridgehead atoms. The van der Waals surface area contributed by atoms with Gasteiger partial charge in [-0.25, -0.2) is 0 Å². The summed E-state index contributed by atoms with van der Waals surface area (Å²) >= 11 is 0.